The van der Waals surface area contributed by atoms with E-state index in [1.807, 2.05) is 44.2 Å². The molecule has 0 spiro atoms. The van der Waals surface area contributed by atoms with Crippen molar-refractivity contribution in [2.75, 3.05) is 13.7 Å². The molecule has 1 amide bonds. The van der Waals surface area contributed by atoms with Crippen LogP contribution in [0.1, 0.15) is 47.6 Å². The molecule has 0 radical (unpaired) electrons. The number of aldehydes is 1. The summed E-state index contributed by atoms with van der Waals surface area (Å²) in [6.07, 6.45) is 1.66. The van der Waals surface area contributed by atoms with Crippen LogP contribution in [0, 0.1) is 6.92 Å². The van der Waals surface area contributed by atoms with Crippen molar-refractivity contribution in [2.24, 2.45) is 0 Å². The van der Waals surface area contributed by atoms with E-state index in [1.54, 1.807) is 18.7 Å². The first kappa shape index (κ1) is 28.9. The summed E-state index contributed by atoms with van der Waals surface area (Å²) >= 11 is 1.67. The number of esters is 1. The molecule has 1 heterocycles. The lowest BCUT2D eigenvalue weighted by molar-refractivity contribution is -0.132. The minimum Gasteiger partial charge on any atom is -0.493 e. The summed E-state index contributed by atoms with van der Waals surface area (Å²) in [6, 6.07) is 19.7. The molecule has 1 N–H and O–H groups in total. The lowest BCUT2D eigenvalue weighted by Crippen LogP contribution is -2.51. The second-order valence-corrected chi connectivity index (χ2v) is 10.3. The number of amides is 1. The lowest BCUT2D eigenvalue weighted by atomic mass is 10.0. The van der Waals surface area contributed by atoms with E-state index in [-0.39, 0.29) is 35.2 Å². The lowest BCUT2D eigenvalue weighted by Gasteiger charge is -2.30. The maximum atomic E-state index is 13.1. The second kappa shape index (κ2) is 13.2. The number of aromatic nitrogens is 1. The van der Waals surface area contributed by atoms with E-state index < -0.39 is 17.4 Å². The molecule has 8 nitrogen and oxygen atoms in total. The highest BCUT2D eigenvalue weighted by atomic mass is 32.2. The van der Waals surface area contributed by atoms with Gasteiger partial charge >= 0.3 is 5.97 Å². The Morgan fingerprint density at radius 3 is 2.39 bits per heavy atom. The van der Waals surface area contributed by atoms with Gasteiger partial charge in [0.2, 0.25) is 5.75 Å². The van der Waals surface area contributed by atoms with E-state index in [9.17, 15) is 14.4 Å². The van der Waals surface area contributed by atoms with Crippen molar-refractivity contribution in [3.8, 4) is 11.5 Å². The second-order valence-electron chi connectivity index (χ2n) is 9.05. The van der Waals surface area contributed by atoms with Gasteiger partial charge in [-0.2, -0.15) is 0 Å². The summed E-state index contributed by atoms with van der Waals surface area (Å²) in [5, 5.41) is 2.60. The fourth-order valence-corrected chi connectivity index (χ4v) is 4.80. The molecule has 3 atom stereocenters. The first-order valence-corrected chi connectivity index (χ1v) is 12.9. The van der Waals surface area contributed by atoms with Crippen LogP contribution in [0.15, 0.2) is 71.8 Å². The van der Waals surface area contributed by atoms with Crippen LogP contribution >= 0.6 is 11.8 Å². The number of rotatable bonds is 12. The van der Waals surface area contributed by atoms with Gasteiger partial charge in [0.25, 0.3) is 5.91 Å². The van der Waals surface area contributed by atoms with Gasteiger partial charge in [0.05, 0.1) is 25.1 Å². The van der Waals surface area contributed by atoms with Crippen molar-refractivity contribution >= 4 is 29.9 Å². The Labute approximate surface area is 227 Å². The highest BCUT2D eigenvalue weighted by Crippen LogP contribution is 2.39. The van der Waals surface area contributed by atoms with Gasteiger partial charge < -0.3 is 24.3 Å². The number of carbonyl (C=O) groups excluding carboxylic acids is 3. The van der Waals surface area contributed by atoms with Crippen molar-refractivity contribution in [2.45, 2.75) is 49.5 Å². The molecule has 200 valence electrons. The van der Waals surface area contributed by atoms with Crippen molar-refractivity contribution < 1.29 is 28.6 Å². The van der Waals surface area contributed by atoms with Gasteiger partial charge in [-0.05, 0) is 38.5 Å². The van der Waals surface area contributed by atoms with E-state index in [0.717, 1.165) is 10.5 Å². The number of thioether (sulfide) groups is 1. The number of aryl methyl sites for hydroxylation is 1. The number of pyridine rings is 1. The number of methoxy groups -OCH3 is 1. The molecule has 1 aromatic heterocycles. The van der Waals surface area contributed by atoms with Crippen LogP contribution in [0.3, 0.4) is 0 Å². The van der Waals surface area contributed by atoms with Gasteiger partial charge in [-0.15, -0.1) is 11.8 Å². The van der Waals surface area contributed by atoms with Crippen molar-refractivity contribution in [1.29, 1.82) is 0 Å². The third-order valence-corrected chi connectivity index (χ3v) is 7.15. The SMILES string of the molecule is COc1ccnc(C(=O)N[C@@](C)(C=O)CO[C@@H](C)[C@H](Sc2ccc(C)cc2)c2ccccc2)c1OC(C)=O. The number of ether oxygens (including phenoxy) is 3. The molecule has 0 saturated heterocycles. The third-order valence-electron chi connectivity index (χ3n) is 5.69. The smallest absolute Gasteiger partial charge is 0.308 e. The molecule has 38 heavy (non-hydrogen) atoms. The topological polar surface area (TPSA) is 104 Å². The summed E-state index contributed by atoms with van der Waals surface area (Å²) in [5.74, 6) is -1.31. The Balaban J connectivity index is 1.77. The summed E-state index contributed by atoms with van der Waals surface area (Å²) in [5.41, 5.74) is 0.695. The van der Waals surface area contributed by atoms with Gasteiger partial charge in [0.15, 0.2) is 11.4 Å². The quantitative estimate of drug-likeness (QED) is 0.197. The first-order valence-electron chi connectivity index (χ1n) is 12.1. The monoisotopic (exact) mass is 536 g/mol. The number of benzene rings is 2. The highest BCUT2D eigenvalue weighted by Gasteiger charge is 2.32. The number of hydrogen-bond acceptors (Lipinski definition) is 8. The minimum absolute atomic E-state index is 0.0684. The van der Waals surface area contributed by atoms with Gasteiger partial charge in [-0.1, -0.05) is 48.0 Å². The molecule has 9 heteroatoms. The Hall–Kier alpha value is -3.69. The van der Waals surface area contributed by atoms with E-state index in [4.69, 9.17) is 14.2 Å². The fourth-order valence-electron chi connectivity index (χ4n) is 3.65. The van der Waals surface area contributed by atoms with Crippen LogP contribution in [0.2, 0.25) is 0 Å². The van der Waals surface area contributed by atoms with Gasteiger partial charge in [-0.3, -0.25) is 9.59 Å². The van der Waals surface area contributed by atoms with Crippen molar-refractivity contribution in [3.05, 3.63) is 83.7 Å². The van der Waals surface area contributed by atoms with E-state index in [2.05, 4.69) is 34.6 Å². The minimum atomic E-state index is -1.38. The van der Waals surface area contributed by atoms with E-state index in [0.29, 0.717) is 6.29 Å². The van der Waals surface area contributed by atoms with Crippen LogP contribution in [0.5, 0.6) is 11.5 Å². The van der Waals surface area contributed by atoms with Crippen molar-refractivity contribution in [1.82, 2.24) is 10.3 Å². The molecule has 0 saturated carbocycles. The fraction of sp³-hybridized carbons (Fsp3) is 0.310. The number of carbonyl (C=O) groups is 3. The Morgan fingerprint density at radius 1 is 1.11 bits per heavy atom. The molecular formula is C29H32N2O6S. The van der Waals surface area contributed by atoms with Crippen LogP contribution in [0.25, 0.3) is 0 Å². The van der Waals surface area contributed by atoms with Crippen LogP contribution in [-0.4, -0.2) is 48.5 Å². The zero-order chi connectivity index (χ0) is 27.7. The molecule has 0 aliphatic heterocycles. The van der Waals surface area contributed by atoms with Crippen LogP contribution in [0.4, 0.5) is 0 Å². The van der Waals surface area contributed by atoms with Gasteiger partial charge in [-0.25, -0.2) is 4.98 Å². The zero-order valence-corrected chi connectivity index (χ0v) is 22.9. The Bertz CT molecular complexity index is 1250. The molecule has 0 fully saturated rings. The summed E-state index contributed by atoms with van der Waals surface area (Å²) in [4.78, 5) is 42.0. The molecule has 0 aliphatic rings. The highest BCUT2D eigenvalue weighted by molar-refractivity contribution is 7.99. The predicted octanol–water partition coefficient (Wildman–Crippen LogP) is 4.95. The van der Waals surface area contributed by atoms with Crippen molar-refractivity contribution in [3.63, 3.8) is 0 Å². The van der Waals surface area contributed by atoms with Crippen LogP contribution < -0.4 is 14.8 Å². The number of nitrogens with one attached hydrogen (secondary N) is 1. The predicted molar refractivity (Wildman–Crippen MR) is 146 cm³/mol. The molecule has 3 rings (SSSR count). The zero-order valence-electron chi connectivity index (χ0n) is 22.1. The number of hydrogen-bond donors (Lipinski definition) is 1. The Morgan fingerprint density at radius 2 is 1.79 bits per heavy atom. The maximum absolute atomic E-state index is 13.1. The normalized spacial score (nSPS) is 14.0. The molecule has 0 unspecified atom stereocenters. The van der Waals surface area contributed by atoms with Gasteiger partial charge in [0, 0.05) is 24.1 Å². The summed E-state index contributed by atoms with van der Waals surface area (Å²) < 4.78 is 16.6. The molecule has 2 aromatic carbocycles. The average molecular weight is 537 g/mol. The van der Waals surface area contributed by atoms with E-state index >= 15 is 0 Å². The number of nitrogens with zero attached hydrogens (tertiary/aromatic N) is 1. The maximum Gasteiger partial charge on any atom is 0.308 e. The standard InChI is InChI=1S/C29H32N2O6S/c1-19-11-13-23(14-12-19)38-27(22-9-7-6-8-10-22)20(2)36-18-29(4,17-32)31-28(34)25-26(37-21(3)33)24(35-5)15-16-30-25/h6-17,20,27H,18H2,1-5H3,(H,31,34)/t20-,27-,29-/m0/s1. The molecule has 3 aromatic rings. The Kier molecular flexibility index (Phi) is 10.0. The first-order chi connectivity index (χ1) is 18.2. The van der Waals surface area contributed by atoms with E-state index in [1.165, 1.54) is 31.9 Å². The third kappa shape index (κ3) is 7.66. The summed E-state index contributed by atoms with van der Waals surface area (Å²) in [7, 11) is 1.38. The average Bonchev–Trinajstić information content (AvgIpc) is 2.91. The van der Waals surface area contributed by atoms with Gasteiger partial charge in [0.1, 0.15) is 11.8 Å². The summed E-state index contributed by atoms with van der Waals surface area (Å²) in [6.45, 7) is 6.65. The molecule has 0 aliphatic carbocycles. The molecule has 0 bridgehead atoms. The van der Waals surface area contributed by atoms with Crippen LogP contribution in [-0.2, 0) is 14.3 Å². The molecular weight excluding hydrogens is 504 g/mol. The largest absolute Gasteiger partial charge is 0.493 e.